The molecule has 0 aromatic heterocycles. The van der Waals surface area contributed by atoms with Crippen molar-refractivity contribution in [1.82, 2.24) is 0 Å². The molecule has 0 aliphatic carbocycles. The maximum atomic E-state index is 12.3. The van der Waals surface area contributed by atoms with Crippen molar-refractivity contribution < 1.29 is 17.9 Å². The van der Waals surface area contributed by atoms with Gasteiger partial charge in [-0.3, -0.25) is 4.79 Å². The van der Waals surface area contributed by atoms with Gasteiger partial charge >= 0.3 is 0 Å². The molecule has 0 radical (unpaired) electrons. The van der Waals surface area contributed by atoms with E-state index in [1.807, 2.05) is 0 Å². The van der Waals surface area contributed by atoms with E-state index in [1.165, 1.54) is 19.2 Å². The number of rotatable bonds is 4. The number of nitrogens with one attached hydrogen (secondary N) is 1. The van der Waals surface area contributed by atoms with Gasteiger partial charge in [-0.05, 0) is 58.4 Å². The van der Waals surface area contributed by atoms with E-state index in [0.29, 0.717) is 21.5 Å². The summed E-state index contributed by atoms with van der Waals surface area (Å²) in [7, 11) is -1.73. The van der Waals surface area contributed by atoms with Crippen molar-refractivity contribution >= 4 is 37.4 Å². The lowest BCUT2D eigenvalue weighted by Crippen LogP contribution is -2.12. The van der Waals surface area contributed by atoms with Crippen LogP contribution in [0.3, 0.4) is 0 Å². The Morgan fingerprint density at radius 3 is 2.32 bits per heavy atom. The summed E-state index contributed by atoms with van der Waals surface area (Å²) >= 11 is 3.32. The lowest BCUT2D eigenvalue weighted by molar-refractivity contribution is 0.102. The van der Waals surface area contributed by atoms with E-state index in [1.54, 1.807) is 30.3 Å². The molecule has 0 unspecified atom stereocenters. The van der Waals surface area contributed by atoms with Crippen molar-refractivity contribution in [2.24, 2.45) is 0 Å². The predicted octanol–water partition coefficient (Wildman–Crippen LogP) is 3.11. The minimum absolute atomic E-state index is 0.202. The molecular weight excluding hydrogens is 370 g/mol. The van der Waals surface area contributed by atoms with E-state index < -0.39 is 9.84 Å². The molecule has 1 amide bonds. The summed E-state index contributed by atoms with van der Waals surface area (Å²) in [6.45, 7) is 0. The first-order chi connectivity index (χ1) is 10.3. The summed E-state index contributed by atoms with van der Waals surface area (Å²) in [4.78, 5) is 12.5. The zero-order chi connectivity index (χ0) is 16.3. The molecular formula is C15H14BrNO4S. The summed E-state index contributed by atoms with van der Waals surface area (Å²) in [5.74, 6) is 0.249. The van der Waals surface area contributed by atoms with Crippen LogP contribution in [0.15, 0.2) is 51.8 Å². The number of methoxy groups -OCH3 is 1. The van der Waals surface area contributed by atoms with Crippen LogP contribution in [0.4, 0.5) is 5.69 Å². The number of hydrogen-bond donors (Lipinski definition) is 1. The predicted molar refractivity (Wildman–Crippen MR) is 88.2 cm³/mol. The van der Waals surface area contributed by atoms with Gasteiger partial charge in [-0.2, -0.15) is 0 Å². The molecule has 5 nitrogen and oxygen atoms in total. The Morgan fingerprint density at radius 1 is 1.14 bits per heavy atom. The van der Waals surface area contributed by atoms with Gasteiger partial charge in [0.05, 0.1) is 17.6 Å². The number of sulfone groups is 1. The molecule has 0 saturated carbocycles. The van der Waals surface area contributed by atoms with Crippen LogP contribution in [0, 0.1) is 0 Å². The van der Waals surface area contributed by atoms with Gasteiger partial charge in [0, 0.05) is 16.4 Å². The number of carbonyl (C=O) groups excluding carboxylic acids is 1. The molecule has 0 bridgehead atoms. The van der Waals surface area contributed by atoms with Crippen molar-refractivity contribution in [3.63, 3.8) is 0 Å². The highest BCUT2D eigenvalue weighted by Gasteiger charge is 2.12. The van der Waals surface area contributed by atoms with Crippen molar-refractivity contribution in [3.05, 3.63) is 52.5 Å². The van der Waals surface area contributed by atoms with Crippen molar-refractivity contribution in [3.8, 4) is 5.75 Å². The first kappa shape index (κ1) is 16.5. The minimum Gasteiger partial charge on any atom is -0.497 e. The monoisotopic (exact) mass is 383 g/mol. The van der Waals surface area contributed by atoms with E-state index in [4.69, 9.17) is 4.74 Å². The number of hydrogen-bond acceptors (Lipinski definition) is 4. The van der Waals surface area contributed by atoms with Gasteiger partial charge in [-0.15, -0.1) is 0 Å². The van der Waals surface area contributed by atoms with Gasteiger partial charge in [-0.25, -0.2) is 8.42 Å². The molecule has 0 saturated heterocycles. The largest absolute Gasteiger partial charge is 0.497 e. The second-order valence-electron chi connectivity index (χ2n) is 4.60. The molecule has 2 rings (SSSR count). The van der Waals surface area contributed by atoms with Gasteiger partial charge < -0.3 is 10.1 Å². The van der Waals surface area contributed by atoms with Crippen LogP contribution in [0.1, 0.15) is 10.4 Å². The first-order valence-corrected chi connectivity index (χ1v) is 8.94. The summed E-state index contributed by atoms with van der Waals surface area (Å²) in [6, 6.07) is 11.1. The summed E-state index contributed by atoms with van der Waals surface area (Å²) in [6.07, 6.45) is 1.13. The summed E-state index contributed by atoms with van der Waals surface area (Å²) < 4.78 is 28.5. The standard InChI is InChI=1S/C15H14BrNO4S/c1-21-11-5-8-14(16)13(9-11)15(18)17-10-3-6-12(7-4-10)22(2,19)20/h3-9H,1-2H3,(H,17,18). The number of carbonyl (C=O) groups is 1. The number of benzene rings is 2. The van der Waals surface area contributed by atoms with Crippen LogP contribution < -0.4 is 10.1 Å². The molecule has 0 heterocycles. The molecule has 0 aliphatic rings. The molecule has 0 atom stereocenters. The van der Waals surface area contributed by atoms with Gasteiger partial charge in [-0.1, -0.05) is 0 Å². The van der Waals surface area contributed by atoms with Gasteiger partial charge in [0.1, 0.15) is 5.75 Å². The Bertz CT molecular complexity index is 801. The molecule has 116 valence electrons. The number of ether oxygens (including phenoxy) is 1. The van der Waals surface area contributed by atoms with E-state index in [0.717, 1.165) is 6.26 Å². The normalized spacial score (nSPS) is 11.0. The maximum absolute atomic E-state index is 12.3. The Kier molecular flexibility index (Phi) is 4.87. The highest BCUT2D eigenvalue weighted by atomic mass is 79.9. The average molecular weight is 384 g/mol. The second-order valence-corrected chi connectivity index (χ2v) is 7.47. The van der Waals surface area contributed by atoms with Gasteiger partial charge in [0.15, 0.2) is 9.84 Å². The third-order valence-electron chi connectivity index (χ3n) is 2.96. The number of halogens is 1. The van der Waals surface area contributed by atoms with Crippen LogP contribution in [-0.2, 0) is 9.84 Å². The second kappa shape index (κ2) is 6.50. The van der Waals surface area contributed by atoms with Gasteiger partial charge in [0.25, 0.3) is 5.91 Å². The molecule has 1 N–H and O–H groups in total. The summed E-state index contributed by atoms with van der Waals surface area (Å²) in [5, 5.41) is 2.71. The van der Waals surface area contributed by atoms with E-state index in [2.05, 4.69) is 21.2 Å². The number of amides is 1. The van der Waals surface area contributed by atoms with E-state index in [-0.39, 0.29) is 10.8 Å². The van der Waals surface area contributed by atoms with Crippen LogP contribution in [-0.4, -0.2) is 27.7 Å². The topological polar surface area (TPSA) is 72.5 Å². The Hall–Kier alpha value is -1.86. The van der Waals surface area contributed by atoms with Crippen molar-refractivity contribution in [2.45, 2.75) is 4.90 Å². The van der Waals surface area contributed by atoms with Crippen LogP contribution in [0.5, 0.6) is 5.75 Å². The summed E-state index contributed by atoms with van der Waals surface area (Å²) in [5.41, 5.74) is 0.929. The molecule has 22 heavy (non-hydrogen) atoms. The average Bonchev–Trinajstić information content (AvgIpc) is 2.47. The van der Waals surface area contributed by atoms with E-state index >= 15 is 0 Å². The van der Waals surface area contributed by atoms with Gasteiger partial charge in [0.2, 0.25) is 0 Å². The Balaban J connectivity index is 2.22. The lowest BCUT2D eigenvalue weighted by Gasteiger charge is -2.09. The fourth-order valence-electron chi connectivity index (χ4n) is 1.79. The molecule has 2 aromatic rings. The lowest BCUT2D eigenvalue weighted by atomic mass is 10.2. The Labute approximate surface area is 137 Å². The van der Waals surface area contributed by atoms with Crippen LogP contribution in [0.25, 0.3) is 0 Å². The smallest absolute Gasteiger partial charge is 0.256 e. The zero-order valence-corrected chi connectivity index (χ0v) is 14.4. The molecule has 2 aromatic carbocycles. The first-order valence-electron chi connectivity index (χ1n) is 6.26. The quantitative estimate of drug-likeness (QED) is 0.879. The third kappa shape index (κ3) is 3.86. The van der Waals surface area contributed by atoms with Crippen LogP contribution in [0.2, 0.25) is 0 Å². The van der Waals surface area contributed by atoms with Crippen molar-refractivity contribution in [1.29, 1.82) is 0 Å². The zero-order valence-electron chi connectivity index (χ0n) is 12.0. The minimum atomic E-state index is -3.25. The molecule has 0 spiro atoms. The van der Waals surface area contributed by atoms with Crippen molar-refractivity contribution in [2.75, 3.05) is 18.7 Å². The SMILES string of the molecule is COc1ccc(Br)c(C(=O)Nc2ccc(S(C)(=O)=O)cc2)c1. The highest BCUT2D eigenvalue weighted by molar-refractivity contribution is 9.10. The number of anilines is 1. The van der Waals surface area contributed by atoms with E-state index in [9.17, 15) is 13.2 Å². The molecule has 0 aliphatic heterocycles. The molecule has 7 heteroatoms. The Morgan fingerprint density at radius 2 is 1.77 bits per heavy atom. The fourth-order valence-corrected chi connectivity index (χ4v) is 2.85. The molecule has 0 fully saturated rings. The third-order valence-corrected chi connectivity index (χ3v) is 4.78. The highest BCUT2D eigenvalue weighted by Crippen LogP contribution is 2.24. The maximum Gasteiger partial charge on any atom is 0.256 e. The fraction of sp³-hybridized carbons (Fsp3) is 0.133. The van der Waals surface area contributed by atoms with Crippen LogP contribution >= 0.6 is 15.9 Å².